The largest absolute Gasteiger partial charge is 0.370 e. The molecular formula is C25H38N4O2. The maximum absolute atomic E-state index is 12.5. The van der Waals surface area contributed by atoms with E-state index >= 15 is 0 Å². The van der Waals surface area contributed by atoms with E-state index in [9.17, 15) is 4.79 Å². The second-order valence-electron chi connectivity index (χ2n) is 9.13. The summed E-state index contributed by atoms with van der Waals surface area (Å²) in [5, 5.41) is 7.22. The highest BCUT2D eigenvalue weighted by atomic mass is 16.5. The Balaban J connectivity index is 1.69. The molecule has 1 saturated heterocycles. The first-order valence-electron chi connectivity index (χ1n) is 11.7. The quantitative estimate of drug-likeness (QED) is 0.622. The molecule has 0 radical (unpaired) electrons. The summed E-state index contributed by atoms with van der Waals surface area (Å²) in [6, 6.07) is 8.87. The third-order valence-corrected chi connectivity index (χ3v) is 6.34. The second kappa shape index (κ2) is 10.4. The molecular weight excluding hydrogens is 388 g/mol. The summed E-state index contributed by atoms with van der Waals surface area (Å²) >= 11 is 0. The van der Waals surface area contributed by atoms with Crippen molar-refractivity contribution in [3.63, 3.8) is 0 Å². The van der Waals surface area contributed by atoms with Crippen LogP contribution in [0.3, 0.4) is 0 Å². The molecule has 3 atom stereocenters. The van der Waals surface area contributed by atoms with Crippen LogP contribution in [0.4, 0.5) is 5.69 Å². The van der Waals surface area contributed by atoms with Gasteiger partial charge in [-0.05, 0) is 63.4 Å². The molecule has 0 aliphatic carbocycles. The van der Waals surface area contributed by atoms with E-state index in [0.717, 1.165) is 31.6 Å². The molecule has 1 fully saturated rings. The number of rotatable bonds is 8. The van der Waals surface area contributed by atoms with Gasteiger partial charge in [0.1, 0.15) is 0 Å². The minimum Gasteiger partial charge on any atom is -0.370 e. The van der Waals surface area contributed by atoms with Gasteiger partial charge in [-0.15, -0.1) is 0 Å². The Morgan fingerprint density at radius 1 is 1.16 bits per heavy atom. The van der Waals surface area contributed by atoms with Crippen LogP contribution in [0, 0.1) is 5.92 Å². The Morgan fingerprint density at radius 2 is 1.84 bits per heavy atom. The maximum Gasteiger partial charge on any atom is 0.258 e. The Morgan fingerprint density at radius 3 is 2.39 bits per heavy atom. The SMILES string of the molecule is CCN(CC)[C@H]1C[C@@H](c2ccc(NC(=O)c3cnn(C(C)C)c3)cc2)O[C@@H](C(C)C)C1. The number of nitrogens with zero attached hydrogens (tertiary/aromatic N) is 3. The fraction of sp³-hybridized carbons (Fsp3) is 0.600. The highest BCUT2D eigenvalue weighted by Gasteiger charge is 2.34. The van der Waals surface area contributed by atoms with E-state index in [0.29, 0.717) is 17.5 Å². The lowest BCUT2D eigenvalue weighted by molar-refractivity contribution is -0.101. The Bertz CT molecular complexity index is 839. The van der Waals surface area contributed by atoms with E-state index in [-0.39, 0.29) is 24.2 Å². The number of aromatic nitrogens is 2. The smallest absolute Gasteiger partial charge is 0.258 e. The van der Waals surface area contributed by atoms with E-state index in [4.69, 9.17) is 4.74 Å². The first-order chi connectivity index (χ1) is 14.8. The number of amides is 1. The van der Waals surface area contributed by atoms with Crippen molar-refractivity contribution >= 4 is 11.6 Å². The third-order valence-electron chi connectivity index (χ3n) is 6.34. The van der Waals surface area contributed by atoms with Gasteiger partial charge >= 0.3 is 0 Å². The average Bonchev–Trinajstić information content (AvgIpc) is 3.26. The van der Waals surface area contributed by atoms with Gasteiger partial charge in [-0.3, -0.25) is 9.48 Å². The molecule has 1 amide bonds. The number of nitrogens with one attached hydrogen (secondary N) is 1. The molecule has 1 aromatic carbocycles. The molecule has 2 aromatic rings. The molecule has 0 spiro atoms. The van der Waals surface area contributed by atoms with Crippen LogP contribution in [0.2, 0.25) is 0 Å². The van der Waals surface area contributed by atoms with Gasteiger partial charge < -0.3 is 15.0 Å². The van der Waals surface area contributed by atoms with Crippen molar-refractivity contribution in [1.82, 2.24) is 14.7 Å². The minimum absolute atomic E-state index is 0.0841. The van der Waals surface area contributed by atoms with Crippen LogP contribution >= 0.6 is 0 Å². The lowest BCUT2D eigenvalue weighted by Crippen LogP contribution is -2.44. The van der Waals surface area contributed by atoms with Crippen LogP contribution in [0.15, 0.2) is 36.7 Å². The number of carbonyl (C=O) groups excluding carboxylic acids is 1. The summed E-state index contributed by atoms with van der Waals surface area (Å²) in [4.78, 5) is 15.1. The molecule has 1 aliphatic heterocycles. The molecule has 2 heterocycles. The van der Waals surface area contributed by atoms with Gasteiger partial charge in [-0.25, -0.2) is 0 Å². The van der Waals surface area contributed by atoms with Gasteiger partial charge in [0.05, 0.1) is 24.0 Å². The molecule has 6 nitrogen and oxygen atoms in total. The zero-order valence-corrected chi connectivity index (χ0v) is 19.8. The Hall–Kier alpha value is -2.18. The van der Waals surface area contributed by atoms with E-state index in [1.807, 2.05) is 26.0 Å². The van der Waals surface area contributed by atoms with Gasteiger partial charge in [0.25, 0.3) is 5.91 Å². The maximum atomic E-state index is 12.5. The van der Waals surface area contributed by atoms with Crippen molar-refractivity contribution in [2.45, 2.75) is 78.7 Å². The normalized spacial score (nSPS) is 21.8. The monoisotopic (exact) mass is 426 g/mol. The third kappa shape index (κ3) is 5.74. The van der Waals surface area contributed by atoms with Crippen molar-refractivity contribution in [3.05, 3.63) is 47.8 Å². The summed E-state index contributed by atoms with van der Waals surface area (Å²) in [6.45, 7) is 15.2. The zero-order valence-electron chi connectivity index (χ0n) is 19.8. The van der Waals surface area contributed by atoms with Crippen LogP contribution in [0.25, 0.3) is 0 Å². The second-order valence-corrected chi connectivity index (χ2v) is 9.13. The Kier molecular flexibility index (Phi) is 7.89. The van der Waals surface area contributed by atoms with Crippen LogP contribution in [-0.4, -0.2) is 45.8 Å². The molecule has 0 saturated carbocycles. The Labute approximate surface area is 187 Å². The number of hydrogen-bond donors (Lipinski definition) is 1. The van der Waals surface area contributed by atoms with E-state index < -0.39 is 0 Å². The van der Waals surface area contributed by atoms with Crippen molar-refractivity contribution in [2.24, 2.45) is 5.92 Å². The predicted molar refractivity (Wildman–Crippen MR) is 125 cm³/mol. The predicted octanol–water partition coefficient (Wildman–Crippen LogP) is 5.30. The first-order valence-corrected chi connectivity index (χ1v) is 11.7. The van der Waals surface area contributed by atoms with Crippen LogP contribution < -0.4 is 5.32 Å². The number of carbonyl (C=O) groups is 1. The highest BCUT2D eigenvalue weighted by Crippen LogP contribution is 2.36. The van der Waals surface area contributed by atoms with E-state index in [2.05, 4.69) is 55.1 Å². The van der Waals surface area contributed by atoms with Crippen LogP contribution in [-0.2, 0) is 4.74 Å². The van der Waals surface area contributed by atoms with Crippen molar-refractivity contribution in [2.75, 3.05) is 18.4 Å². The van der Waals surface area contributed by atoms with Crippen molar-refractivity contribution in [1.29, 1.82) is 0 Å². The molecule has 170 valence electrons. The minimum atomic E-state index is -0.143. The molecule has 3 rings (SSSR count). The summed E-state index contributed by atoms with van der Waals surface area (Å²) in [5.41, 5.74) is 2.52. The fourth-order valence-electron chi connectivity index (χ4n) is 4.34. The molecule has 1 aromatic heterocycles. The standard InChI is InChI=1S/C25H38N4O2/c1-7-28(8-2)22-13-23(17(3)4)31-24(14-22)19-9-11-21(12-10-19)27-25(30)20-15-26-29(16-20)18(5)6/h9-12,15-18,22-24H,7-8,13-14H2,1-6H3,(H,27,30)/t22-,23-,24+/m1/s1. The van der Waals surface area contributed by atoms with Crippen LogP contribution in [0.1, 0.15) is 82.5 Å². The summed E-state index contributed by atoms with van der Waals surface area (Å²) in [6.07, 6.45) is 5.84. The number of benzene rings is 1. The number of anilines is 1. The number of ether oxygens (including phenoxy) is 1. The van der Waals surface area contributed by atoms with E-state index in [1.165, 1.54) is 5.56 Å². The lowest BCUT2D eigenvalue weighted by atomic mass is 9.89. The van der Waals surface area contributed by atoms with Gasteiger partial charge in [-0.1, -0.05) is 39.8 Å². The van der Waals surface area contributed by atoms with Gasteiger partial charge in [0.2, 0.25) is 0 Å². The molecule has 31 heavy (non-hydrogen) atoms. The van der Waals surface area contributed by atoms with Crippen LogP contribution in [0.5, 0.6) is 0 Å². The van der Waals surface area contributed by atoms with Crippen molar-refractivity contribution < 1.29 is 9.53 Å². The molecule has 0 unspecified atom stereocenters. The average molecular weight is 427 g/mol. The highest BCUT2D eigenvalue weighted by molar-refractivity contribution is 6.03. The van der Waals surface area contributed by atoms with Gasteiger partial charge in [0.15, 0.2) is 0 Å². The molecule has 1 aliphatic rings. The summed E-state index contributed by atoms with van der Waals surface area (Å²) in [7, 11) is 0. The number of hydrogen-bond acceptors (Lipinski definition) is 4. The van der Waals surface area contributed by atoms with Gasteiger partial charge in [-0.2, -0.15) is 5.10 Å². The topological polar surface area (TPSA) is 59.4 Å². The molecule has 1 N–H and O–H groups in total. The summed E-state index contributed by atoms with van der Waals surface area (Å²) < 4.78 is 8.28. The van der Waals surface area contributed by atoms with Gasteiger partial charge in [0, 0.05) is 24.0 Å². The molecule has 6 heteroatoms. The fourth-order valence-corrected chi connectivity index (χ4v) is 4.34. The van der Waals surface area contributed by atoms with Crippen molar-refractivity contribution in [3.8, 4) is 0 Å². The lowest BCUT2D eigenvalue weighted by Gasteiger charge is -2.42. The molecule has 0 bridgehead atoms. The first kappa shape index (κ1) is 23.5. The zero-order chi connectivity index (χ0) is 22.5. The van der Waals surface area contributed by atoms with E-state index in [1.54, 1.807) is 17.1 Å². The summed E-state index contributed by atoms with van der Waals surface area (Å²) in [5.74, 6) is 0.348.